The first-order chi connectivity index (χ1) is 12.1. The smallest absolute Gasteiger partial charge is 0.271 e. The van der Waals surface area contributed by atoms with Crippen LogP contribution in [-0.2, 0) is 13.1 Å². The fourth-order valence-electron chi connectivity index (χ4n) is 2.44. The average Bonchev–Trinajstić information content (AvgIpc) is 3.24. The predicted molar refractivity (Wildman–Crippen MR) is 92.1 cm³/mol. The molecule has 8 heteroatoms. The van der Waals surface area contributed by atoms with Crippen molar-refractivity contribution in [3.63, 3.8) is 0 Å². The fourth-order valence-corrected chi connectivity index (χ4v) is 2.44. The maximum absolute atomic E-state index is 12.5. The highest BCUT2D eigenvalue weighted by atomic mass is 16.2. The van der Waals surface area contributed by atoms with Crippen LogP contribution in [0.15, 0.2) is 48.9 Å². The summed E-state index contributed by atoms with van der Waals surface area (Å²) in [4.78, 5) is 24.0. The highest BCUT2D eigenvalue weighted by molar-refractivity contribution is 6.08. The molecule has 128 valence electrons. The highest BCUT2D eigenvalue weighted by Crippen LogP contribution is 2.16. The van der Waals surface area contributed by atoms with E-state index in [0.29, 0.717) is 24.3 Å². The topological polar surface area (TPSA) is 108 Å². The third-order valence-corrected chi connectivity index (χ3v) is 3.66. The van der Waals surface area contributed by atoms with E-state index in [4.69, 9.17) is 5.73 Å². The molecule has 3 rings (SSSR count). The zero-order chi connectivity index (χ0) is 17.8. The minimum Gasteiger partial charge on any atom is -0.364 e. The number of hydrogen-bond acceptors (Lipinski definition) is 4. The molecular weight excluding hydrogens is 320 g/mol. The van der Waals surface area contributed by atoms with E-state index in [0.717, 1.165) is 5.56 Å². The molecule has 0 radical (unpaired) electrons. The van der Waals surface area contributed by atoms with Crippen LogP contribution in [0.5, 0.6) is 0 Å². The maximum Gasteiger partial charge on any atom is 0.271 e. The van der Waals surface area contributed by atoms with Gasteiger partial charge in [0.05, 0.1) is 12.2 Å². The summed E-state index contributed by atoms with van der Waals surface area (Å²) in [7, 11) is 0. The van der Waals surface area contributed by atoms with Crippen molar-refractivity contribution in [3.05, 3.63) is 65.7 Å². The second-order valence-electron chi connectivity index (χ2n) is 5.47. The van der Waals surface area contributed by atoms with Crippen molar-refractivity contribution < 1.29 is 9.59 Å². The third-order valence-electron chi connectivity index (χ3n) is 3.66. The number of nitrogens with zero attached hydrogens (tertiary/aromatic N) is 4. The van der Waals surface area contributed by atoms with E-state index in [9.17, 15) is 9.59 Å². The highest BCUT2D eigenvalue weighted by Gasteiger charge is 2.17. The van der Waals surface area contributed by atoms with Crippen LogP contribution in [0.4, 0.5) is 5.69 Å². The lowest BCUT2D eigenvalue weighted by Gasteiger charge is -2.07. The number of hydrogen-bond donors (Lipinski definition) is 2. The molecule has 1 aromatic carbocycles. The van der Waals surface area contributed by atoms with Gasteiger partial charge in [-0.3, -0.25) is 19.0 Å². The quantitative estimate of drug-likeness (QED) is 0.710. The number of nitrogens with one attached hydrogen (secondary N) is 1. The molecule has 2 aromatic heterocycles. The molecule has 0 atom stereocenters. The Bertz CT molecular complexity index is 898. The number of aryl methyl sites for hydroxylation is 1. The monoisotopic (exact) mass is 338 g/mol. The van der Waals surface area contributed by atoms with E-state index in [-0.39, 0.29) is 11.6 Å². The SMILES string of the molecule is CCn1cc(NC(=O)c2cccc(Cn3cccn3)c2)c(C(N)=O)n1. The number of benzene rings is 1. The van der Waals surface area contributed by atoms with Gasteiger partial charge in [-0.1, -0.05) is 12.1 Å². The molecule has 0 bridgehead atoms. The Morgan fingerprint density at radius 3 is 2.76 bits per heavy atom. The van der Waals surface area contributed by atoms with E-state index in [1.165, 1.54) is 0 Å². The van der Waals surface area contributed by atoms with Crippen molar-refractivity contribution in [1.82, 2.24) is 19.6 Å². The molecule has 3 N–H and O–H groups in total. The number of carbonyl (C=O) groups excluding carboxylic acids is 2. The molecule has 0 saturated heterocycles. The summed E-state index contributed by atoms with van der Waals surface area (Å²) >= 11 is 0. The summed E-state index contributed by atoms with van der Waals surface area (Å²) in [5.74, 6) is -1.02. The molecule has 8 nitrogen and oxygen atoms in total. The van der Waals surface area contributed by atoms with Crippen LogP contribution in [0.2, 0.25) is 0 Å². The summed E-state index contributed by atoms with van der Waals surface area (Å²) in [5.41, 5.74) is 7.08. The summed E-state index contributed by atoms with van der Waals surface area (Å²) in [5, 5.41) is 10.9. The normalized spacial score (nSPS) is 10.6. The van der Waals surface area contributed by atoms with E-state index in [2.05, 4.69) is 15.5 Å². The van der Waals surface area contributed by atoms with Gasteiger partial charge in [0, 0.05) is 30.7 Å². The van der Waals surface area contributed by atoms with Gasteiger partial charge in [-0.05, 0) is 30.7 Å². The number of nitrogens with two attached hydrogens (primary N) is 1. The minimum absolute atomic E-state index is 0.0443. The number of aromatic nitrogens is 4. The van der Waals surface area contributed by atoms with Gasteiger partial charge in [-0.2, -0.15) is 10.2 Å². The zero-order valence-electron chi connectivity index (χ0n) is 13.7. The van der Waals surface area contributed by atoms with Gasteiger partial charge in [0.25, 0.3) is 11.8 Å². The largest absolute Gasteiger partial charge is 0.364 e. The van der Waals surface area contributed by atoms with Crippen LogP contribution in [0.3, 0.4) is 0 Å². The molecule has 2 amide bonds. The molecule has 0 aliphatic rings. The van der Waals surface area contributed by atoms with Gasteiger partial charge in [-0.25, -0.2) is 0 Å². The zero-order valence-corrected chi connectivity index (χ0v) is 13.7. The molecule has 3 aromatic rings. The molecule has 2 heterocycles. The van der Waals surface area contributed by atoms with E-state index in [1.807, 2.05) is 25.3 Å². The molecule has 0 unspecified atom stereocenters. The first-order valence-corrected chi connectivity index (χ1v) is 7.81. The Balaban J connectivity index is 1.80. The number of amides is 2. The van der Waals surface area contributed by atoms with Crippen molar-refractivity contribution in [2.45, 2.75) is 20.0 Å². The molecule has 0 aliphatic carbocycles. The molecule has 25 heavy (non-hydrogen) atoms. The standard InChI is InChI=1S/C17H18N6O2/c1-2-22-11-14(15(21-22)16(18)24)20-17(25)13-6-3-5-12(9-13)10-23-8-4-7-19-23/h3-9,11H,2,10H2,1H3,(H2,18,24)(H,20,25). The van der Waals surface area contributed by atoms with Gasteiger partial charge in [0.15, 0.2) is 5.69 Å². The molecule has 0 saturated carbocycles. The van der Waals surface area contributed by atoms with Crippen molar-refractivity contribution in [3.8, 4) is 0 Å². The molecule has 0 fully saturated rings. The van der Waals surface area contributed by atoms with E-state index in [1.54, 1.807) is 40.0 Å². The van der Waals surface area contributed by atoms with Crippen LogP contribution in [-0.4, -0.2) is 31.4 Å². The number of primary amides is 1. The Morgan fingerprint density at radius 1 is 1.24 bits per heavy atom. The Morgan fingerprint density at radius 2 is 2.08 bits per heavy atom. The second kappa shape index (κ2) is 7.00. The van der Waals surface area contributed by atoms with Crippen molar-refractivity contribution in [1.29, 1.82) is 0 Å². The second-order valence-corrected chi connectivity index (χ2v) is 5.47. The van der Waals surface area contributed by atoms with Crippen molar-refractivity contribution in [2.75, 3.05) is 5.32 Å². The van der Waals surface area contributed by atoms with Gasteiger partial charge in [0.2, 0.25) is 0 Å². The maximum atomic E-state index is 12.5. The summed E-state index contributed by atoms with van der Waals surface area (Å²) in [6.45, 7) is 3.01. The number of anilines is 1. The first-order valence-electron chi connectivity index (χ1n) is 7.81. The van der Waals surface area contributed by atoms with E-state index < -0.39 is 5.91 Å². The van der Waals surface area contributed by atoms with Crippen molar-refractivity contribution >= 4 is 17.5 Å². The summed E-state index contributed by atoms with van der Waals surface area (Å²) in [6, 6.07) is 9.05. The van der Waals surface area contributed by atoms with Gasteiger partial charge >= 0.3 is 0 Å². The van der Waals surface area contributed by atoms with Gasteiger partial charge in [0.1, 0.15) is 0 Å². The van der Waals surface area contributed by atoms with Gasteiger partial charge < -0.3 is 11.1 Å². The van der Waals surface area contributed by atoms with Crippen LogP contribution < -0.4 is 11.1 Å². The average molecular weight is 338 g/mol. The van der Waals surface area contributed by atoms with Crippen LogP contribution in [0.1, 0.15) is 33.3 Å². The van der Waals surface area contributed by atoms with Crippen LogP contribution >= 0.6 is 0 Å². The van der Waals surface area contributed by atoms with Crippen LogP contribution in [0, 0.1) is 0 Å². The lowest BCUT2D eigenvalue weighted by Crippen LogP contribution is -2.18. The fraction of sp³-hybridized carbons (Fsp3) is 0.176. The number of rotatable bonds is 6. The Labute approximate surface area is 144 Å². The Kier molecular flexibility index (Phi) is 4.60. The summed E-state index contributed by atoms with van der Waals surface area (Å²) in [6.07, 6.45) is 5.14. The Hall–Kier alpha value is -3.42. The minimum atomic E-state index is -0.685. The molecule has 0 aliphatic heterocycles. The lowest BCUT2D eigenvalue weighted by atomic mass is 10.1. The molecular formula is C17H18N6O2. The van der Waals surface area contributed by atoms with E-state index >= 15 is 0 Å². The third kappa shape index (κ3) is 3.74. The van der Waals surface area contributed by atoms with Crippen LogP contribution in [0.25, 0.3) is 0 Å². The van der Waals surface area contributed by atoms with Gasteiger partial charge in [-0.15, -0.1) is 0 Å². The first kappa shape index (κ1) is 16.4. The molecule has 0 spiro atoms. The van der Waals surface area contributed by atoms with Crippen molar-refractivity contribution in [2.24, 2.45) is 5.73 Å². The predicted octanol–water partition coefficient (Wildman–Crippen LogP) is 1.50. The summed E-state index contributed by atoms with van der Waals surface area (Å²) < 4.78 is 3.32. The number of carbonyl (C=O) groups is 2. The lowest BCUT2D eigenvalue weighted by molar-refractivity contribution is 0.0995.